The van der Waals surface area contributed by atoms with Gasteiger partial charge in [-0.15, -0.1) is 5.10 Å². The molecule has 0 fully saturated rings. The monoisotopic (exact) mass is 370 g/mol. The van der Waals surface area contributed by atoms with Crippen LogP contribution < -0.4 is 5.32 Å². The van der Waals surface area contributed by atoms with Gasteiger partial charge in [0.15, 0.2) is 0 Å². The van der Waals surface area contributed by atoms with Gasteiger partial charge < -0.3 is 0 Å². The molecule has 0 saturated carbocycles. The molecule has 23 heavy (non-hydrogen) atoms. The van der Waals surface area contributed by atoms with Gasteiger partial charge in [0.2, 0.25) is 5.95 Å². The summed E-state index contributed by atoms with van der Waals surface area (Å²) in [7, 11) is 0. The van der Waals surface area contributed by atoms with Crippen molar-refractivity contribution in [3.63, 3.8) is 0 Å². The van der Waals surface area contributed by atoms with Crippen LogP contribution in [-0.4, -0.2) is 30.9 Å². The van der Waals surface area contributed by atoms with Crippen molar-refractivity contribution in [1.29, 1.82) is 0 Å². The van der Waals surface area contributed by atoms with Gasteiger partial charge in [-0.2, -0.15) is 5.10 Å². The van der Waals surface area contributed by atoms with Crippen molar-refractivity contribution in [2.75, 3.05) is 5.32 Å². The van der Waals surface area contributed by atoms with Crippen LogP contribution in [0.4, 0.5) is 5.95 Å². The third-order valence-corrected chi connectivity index (χ3v) is 3.80. The van der Waals surface area contributed by atoms with Crippen LogP contribution in [0.1, 0.15) is 16.1 Å². The summed E-state index contributed by atoms with van der Waals surface area (Å²) in [6.45, 7) is 0.393. The number of carbonyl (C=O) groups is 1. The van der Waals surface area contributed by atoms with Crippen molar-refractivity contribution in [1.82, 2.24) is 25.0 Å². The number of H-pyrrole nitrogens is 1. The van der Waals surface area contributed by atoms with Crippen LogP contribution in [0.2, 0.25) is 15.1 Å². The van der Waals surface area contributed by atoms with Gasteiger partial charge in [-0.25, -0.2) is 9.67 Å². The maximum absolute atomic E-state index is 12.0. The third-order valence-electron chi connectivity index (χ3n) is 2.93. The van der Waals surface area contributed by atoms with Gasteiger partial charge in [0, 0.05) is 10.0 Å². The minimum absolute atomic E-state index is 0.142. The van der Waals surface area contributed by atoms with E-state index in [1.54, 1.807) is 22.9 Å². The zero-order chi connectivity index (χ0) is 16.4. The number of aromatic amines is 1. The topological polar surface area (TPSA) is 88.5 Å². The average Bonchev–Trinajstić information content (AvgIpc) is 3.11. The van der Waals surface area contributed by atoms with Crippen molar-refractivity contribution >= 4 is 46.7 Å². The molecule has 2 N–H and O–H groups in total. The van der Waals surface area contributed by atoms with Crippen LogP contribution in [0.5, 0.6) is 0 Å². The fourth-order valence-electron chi connectivity index (χ4n) is 1.85. The molecule has 7 nitrogen and oxygen atoms in total. The van der Waals surface area contributed by atoms with Gasteiger partial charge in [0.05, 0.1) is 17.8 Å². The van der Waals surface area contributed by atoms with E-state index < -0.39 is 5.91 Å². The first kappa shape index (κ1) is 15.8. The Hall–Kier alpha value is -2.09. The van der Waals surface area contributed by atoms with E-state index in [9.17, 15) is 4.79 Å². The van der Waals surface area contributed by atoms with Crippen LogP contribution >= 0.6 is 34.8 Å². The van der Waals surface area contributed by atoms with E-state index in [-0.39, 0.29) is 16.7 Å². The number of halogens is 3. The van der Waals surface area contributed by atoms with Gasteiger partial charge >= 0.3 is 0 Å². The highest BCUT2D eigenvalue weighted by Crippen LogP contribution is 2.21. The number of aromatic nitrogens is 5. The zero-order valence-corrected chi connectivity index (χ0v) is 13.7. The number of hydrogen-bond donors (Lipinski definition) is 2. The smallest absolute Gasteiger partial charge is 0.277 e. The first-order chi connectivity index (χ1) is 11.0. The summed E-state index contributed by atoms with van der Waals surface area (Å²) in [5.41, 5.74) is 0.971. The number of hydrogen-bond acceptors (Lipinski definition) is 4. The average molecular weight is 372 g/mol. The van der Waals surface area contributed by atoms with Crippen molar-refractivity contribution in [3.05, 3.63) is 57.0 Å². The predicted molar refractivity (Wildman–Crippen MR) is 87.1 cm³/mol. The van der Waals surface area contributed by atoms with E-state index in [0.717, 1.165) is 5.56 Å². The molecule has 0 aliphatic carbocycles. The molecule has 0 bridgehead atoms. The molecule has 0 atom stereocenters. The lowest BCUT2D eigenvalue weighted by Crippen LogP contribution is -2.14. The molecular formula is C13H9Cl3N6O. The normalized spacial score (nSPS) is 10.7. The predicted octanol–water partition coefficient (Wildman–Crippen LogP) is 3.26. The number of nitrogens with zero attached hydrogens (tertiary/aromatic N) is 4. The number of carbonyl (C=O) groups excluding carboxylic acids is 1. The highest BCUT2D eigenvalue weighted by molar-refractivity contribution is 6.35. The number of benzene rings is 1. The second kappa shape index (κ2) is 6.57. The summed E-state index contributed by atoms with van der Waals surface area (Å²) in [5, 5.41) is 14.2. The summed E-state index contributed by atoms with van der Waals surface area (Å²) in [4.78, 5) is 16.0. The standard InChI is InChI=1S/C13H9Cl3N6O/c14-8-2-1-7(9(15)3-8)5-22-6-17-13(21-22)19-12(23)11-10(16)4-18-20-11/h1-4,6H,5H2,(H,18,20)(H,19,21,23). The Balaban J connectivity index is 1.71. The molecule has 0 unspecified atom stereocenters. The first-order valence-electron chi connectivity index (χ1n) is 6.36. The Labute approximate surface area is 145 Å². The molecule has 2 heterocycles. The van der Waals surface area contributed by atoms with E-state index in [2.05, 4.69) is 25.6 Å². The van der Waals surface area contributed by atoms with Gasteiger partial charge in [-0.1, -0.05) is 40.9 Å². The second-order valence-electron chi connectivity index (χ2n) is 4.55. The Morgan fingerprint density at radius 3 is 2.78 bits per heavy atom. The van der Waals surface area contributed by atoms with E-state index in [0.29, 0.717) is 16.6 Å². The number of anilines is 1. The van der Waals surface area contributed by atoms with Crippen LogP contribution in [0.25, 0.3) is 0 Å². The molecule has 0 aliphatic heterocycles. The summed E-state index contributed by atoms with van der Waals surface area (Å²) in [6.07, 6.45) is 2.82. The number of nitrogens with one attached hydrogen (secondary N) is 2. The van der Waals surface area contributed by atoms with Crippen molar-refractivity contribution in [3.8, 4) is 0 Å². The van der Waals surface area contributed by atoms with Crippen molar-refractivity contribution < 1.29 is 4.79 Å². The minimum Gasteiger partial charge on any atom is -0.288 e. The maximum atomic E-state index is 12.0. The summed E-state index contributed by atoms with van der Waals surface area (Å²) in [5.74, 6) is -0.333. The molecule has 0 radical (unpaired) electrons. The van der Waals surface area contributed by atoms with Crippen LogP contribution in [-0.2, 0) is 6.54 Å². The summed E-state index contributed by atoms with van der Waals surface area (Å²) in [6, 6.07) is 5.19. The van der Waals surface area contributed by atoms with Gasteiger partial charge in [0.1, 0.15) is 12.0 Å². The van der Waals surface area contributed by atoms with Crippen molar-refractivity contribution in [2.45, 2.75) is 6.54 Å². The zero-order valence-electron chi connectivity index (χ0n) is 11.4. The molecule has 0 aliphatic rings. The second-order valence-corrected chi connectivity index (χ2v) is 5.80. The highest BCUT2D eigenvalue weighted by atomic mass is 35.5. The number of amides is 1. The number of rotatable bonds is 4. The molecule has 0 saturated heterocycles. The van der Waals surface area contributed by atoms with Crippen LogP contribution in [0.3, 0.4) is 0 Å². The van der Waals surface area contributed by atoms with Crippen molar-refractivity contribution in [2.24, 2.45) is 0 Å². The fraction of sp³-hybridized carbons (Fsp3) is 0.0769. The van der Waals surface area contributed by atoms with Gasteiger partial charge in [-0.3, -0.25) is 15.2 Å². The van der Waals surface area contributed by atoms with E-state index in [1.165, 1.54) is 12.5 Å². The molecule has 1 aromatic carbocycles. The molecule has 0 spiro atoms. The molecule has 10 heteroatoms. The highest BCUT2D eigenvalue weighted by Gasteiger charge is 2.14. The largest absolute Gasteiger partial charge is 0.288 e. The molecule has 1 amide bonds. The third kappa shape index (κ3) is 3.64. The quantitative estimate of drug-likeness (QED) is 0.737. The molecule has 2 aromatic heterocycles. The van der Waals surface area contributed by atoms with E-state index >= 15 is 0 Å². The molecule has 118 valence electrons. The molecular weight excluding hydrogens is 363 g/mol. The lowest BCUT2D eigenvalue weighted by Gasteiger charge is -2.04. The fourth-order valence-corrected chi connectivity index (χ4v) is 2.49. The molecule has 3 aromatic rings. The van der Waals surface area contributed by atoms with Gasteiger partial charge in [0.25, 0.3) is 5.91 Å². The summed E-state index contributed by atoms with van der Waals surface area (Å²) < 4.78 is 1.54. The summed E-state index contributed by atoms with van der Waals surface area (Å²) >= 11 is 17.8. The Kier molecular flexibility index (Phi) is 4.51. The van der Waals surface area contributed by atoms with Crippen LogP contribution in [0, 0.1) is 0 Å². The minimum atomic E-state index is -0.477. The maximum Gasteiger partial charge on any atom is 0.277 e. The lowest BCUT2D eigenvalue weighted by atomic mass is 10.2. The first-order valence-corrected chi connectivity index (χ1v) is 7.50. The Bertz CT molecular complexity index is 859. The Morgan fingerprint density at radius 1 is 1.26 bits per heavy atom. The van der Waals surface area contributed by atoms with Gasteiger partial charge in [-0.05, 0) is 17.7 Å². The SMILES string of the molecule is O=C(Nc1ncn(Cc2ccc(Cl)cc2Cl)n1)c1[nH]ncc1Cl. The lowest BCUT2D eigenvalue weighted by molar-refractivity contribution is 0.102. The Morgan fingerprint density at radius 2 is 2.09 bits per heavy atom. The van der Waals surface area contributed by atoms with Crippen LogP contribution in [0.15, 0.2) is 30.7 Å². The molecule has 3 rings (SSSR count). The van der Waals surface area contributed by atoms with E-state index in [4.69, 9.17) is 34.8 Å². The van der Waals surface area contributed by atoms with E-state index in [1.807, 2.05) is 0 Å².